The van der Waals surface area contributed by atoms with Crippen molar-refractivity contribution in [1.29, 1.82) is 0 Å². The number of carbonyl (C=O) groups is 2. The molecule has 2 amide bonds. The van der Waals surface area contributed by atoms with Crippen molar-refractivity contribution >= 4 is 29.3 Å². The molecule has 4 rings (SSSR count). The molecule has 0 radical (unpaired) electrons. The van der Waals surface area contributed by atoms with Crippen molar-refractivity contribution in [2.75, 3.05) is 12.4 Å². The van der Waals surface area contributed by atoms with Gasteiger partial charge in [-0.2, -0.15) is 4.98 Å². The fourth-order valence-corrected chi connectivity index (χ4v) is 3.87. The molecule has 11 heteroatoms. The minimum absolute atomic E-state index is 0.00305. The Morgan fingerprint density at radius 3 is 2.83 bits per heavy atom. The molecule has 0 aliphatic heterocycles. The Kier molecular flexibility index (Phi) is 5.17. The van der Waals surface area contributed by atoms with Crippen molar-refractivity contribution in [2.24, 2.45) is 14.1 Å². The predicted octanol–water partition coefficient (Wildman–Crippen LogP) is 2.57. The molecule has 1 atom stereocenters. The molecule has 1 aliphatic carbocycles. The van der Waals surface area contributed by atoms with E-state index in [0.717, 1.165) is 11.1 Å². The van der Waals surface area contributed by atoms with Crippen molar-refractivity contribution in [1.82, 2.24) is 29.2 Å². The van der Waals surface area contributed by atoms with E-state index in [1.165, 1.54) is 22.1 Å². The molecule has 0 bridgehead atoms. The minimum Gasteiger partial charge on any atom is -0.373 e. The monoisotopic (exact) mass is 429 g/mol. The van der Waals surface area contributed by atoms with Crippen molar-refractivity contribution in [3.8, 4) is 6.01 Å². The number of nitrogens with one attached hydrogen (secondary N) is 1. The van der Waals surface area contributed by atoms with Gasteiger partial charge in [-0.15, -0.1) is 5.10 Å². The molecule has 10 nitrogen and oxygen atoms in total. The molecule has 3 aromatic rings. The van der Waals surface area contributed by atoms with Gasteiger partial charge in [-0.1, -0.05) is 11.6 Å². The average Bonchev–Trinajstić information content (AvgIpc) is 3.35. The molecule has 0 fully saturated rings. The Morgan fingerprint density at radius 2 is 2.13 bits per heavy atom. The average molecular weight is 430 g/mol. The first-order valence-corrected chi connectivity index (χ1v) is 9.62. The SMILES string of the molecule is CN(C(=O)Oc1ncn(C)n1)C1CCc2c1cn(C)c2C(=O)Nc1ccnc(Cl)c1. The van der Waals surface area contributed by atoms with Gasteiger partial charge in [0.2, 0.25) is 0 Å². The van der Waals surface area contributed by atoms with Crippen LogP contribution in [0.3, 0.4) is 0 Å². The maximum Gasteiger partial charge on any atom is 0.417 e. The smallest absolute Gasteiger partial charge is 0.373 e. The van der Waals surface area contributed by atoms with Crippen LogP contribution in [0.5, 0.6) is 6.01 Å². The Bertz CT molecular complexity index is 1120. The molecular weight excluding hydrogens is 410 g/mol. The largest absolute Gasteiger partial charge is 0.417 e. The molecule has 3 aromatic heterocycles. The van der Waals surface area contributed by atoms with Gasteiger partial charge in [0.05, 0.1) is 6.04 Å². The van der Waals surface area contributed by atoms with Crippen LogP contribution in [0.2, 0.25) is 5.15 Å². The highest BCUT2D eigenvalue weighted by Crippen LogP contribution is 2.38. The second-order valence-corrected chi connectivity index (χ2v) is 7.47. The van der Waals surface area contributed by atoms with Crippen LogP contribution in [-0.4, -0.2) is 48.3 Å². The summed E-state index contributed by atoms with van der Waals surface area (Å²) in [6.07, 6.45) is 5.66. The molecule has 1 aliphatic rings. The van der Waals surface area contributed by atoms with Crippen LogP contribution in [0.15, 0.2) is 30.9 Å². The molecule has 30 heavy (non-hydrogen) atoms. The van der Waals surface area contributed by atoms with Gasteiger partial charge < -0.3 is 19.5 Å². The highest BCUT2D eigenvalue weighted by molar-refractivity contribution is 6.29. The minimum atomic E-state index is -0.555. The zero-order valence-electron chi connectivity index (χ0n) is 16.7. The molecule has 0 saturated heterocycles. The number of hydrogen-bond donors (Lipinski definition) is 1. The van der Waals surface area contributed by atoms with E-state index in [1.54, 1.807) is 37.8 Å². The lowest BCUT2D eigenvalue weighted by Crippen LogP contribution is -2.32. The van der Waals surface area contributed by atoms with Crippen LogP contribution < -0.4 is 10.1 Å². The summed E-state index contributed by atoms with van der Waals surface area (Å²) in [6.45, 7) is 0. The summed E-state index contributed by atoms with van der Waals surface area (Å²) >= 11 is 5.89. The van der Waals surface area contributed by atoms with Gasteiger partial charge in [0, 0.05) is 39.2 Å². The van der Waals surface area contributed by atoms with Crippen molar-refractivity contribution in [3.63, 3.8) is 0 Å². The first-order valence-electron chi connectivity index (χ1n) is 9.24. The van der Waals surface area contributed by atoms with E-state index < -0.39 is 6.09 Å². The molecule has 156 valence electrons. The predicted molar refractivity (Wildman–Crippen MR) is 108 cm³/mol. The number of carbonyl (C=O) groups excluding carboxylic acids is 2. The number of aromatic nitrogens is 5. The quantitative estimate of drug-likeness (QED) is 0.639. The summed E-state index contributed by atoms with van der Waals surface area (Å²) in [7, 11) is 5.16. The lowest BCUT2D eigenvalue weighted by atomic mass is 10.1. The van der Waals surface area contributed by atoms with Crippen LogP contribution >= 0.6 is 11.6 Å². The van der Waals surface area contributed by atoms with E-state index >= 15 is 0 Å². The highest BCUT2D eigenvalue weighted by Gasteiger charge is 2.35. The van der Waals surface area contributed by atoms with Gasteiger partial charge in [0.25, 0.3) is 5.91 Å². The fourth-order valence-electron chi connectivity index (χ4n) is 3.70. The van der Waals surface area contributed by atoms with Crippen LogP contribution in [0.25, 0.3) is 0 Å². The Balaban J connectivity index is 1.52. The van der Waals surface area contributed by atoms with Crippen LogP contribution in [0.4, 0.5) is 10.5 Å². The van der Waals surface area contributed by atoms with Crippen molar-refractivity contribution in [3.05, 3.63) is 52.8 Å². The third kappa shape index (κ3) is 3.73. The van der Waals surface area contributed by atoms with E-state index in [0.29, 0.717) is 29.4 Å². The van der Waals surface area contributed by atoms with E-state index in [-0.39, 0.29) is 18.0 Å². The number of fused-ring (bicyclic) bond motifs is 1. The maximum atomic E-state index is 12.9. The number of anilines is 1. The molecule has 0 spiro atoms. The van der Waals surface area contributed by atoms with Crippen molar-refractivity contribution in [2.45, 2.75) is 18.9 Å². The third-order valence-electron chi connectivity index (χ3n) is 5.06. The van der Waals surface area contributed by atoms with E-state index in [1.807, 2.05) is 6.20 Å². The number of halogens is 1. The van der Waals surface area contributed by atoms with Gasteiger partial charge in [-0.3, -0.25) is 9.48 Å². The summed E-state index contributed by atoms with van der Waals surface area (Å²) in [4.78, 5) is 34.8. The number of rotatable bonds is 4. The summed E-state index contributed by atoms with van der Waals surface area (Å²) in [5.41, 5.74) is 2.95. The Morgan fingerprint density at radius 1 is 1.33 bits per heavy atom. The number of ether oxygens (including phenoxy) is 1. The van der Waals surface area contributed by atoms with Gasteiger partial charge >= 0.3 is 12.1 Å². The zero-order chi connectivity index (χ0) is 21.4. The first kappa shape index (κ1) is 19.9. The number of pyridine rings is 1. The molecule has 1 N–H and O–H groups in total. The normalized spacial score (nSPS) is 15.0. The van der Waals surface area contributed by atoms with Crippen LogP contribution in [-0.2, 0) is 20.5 Å². The fraction of sp³-hybridized carbons (Fsp3) is 0.316. The second-order valence-electron chi connectivity index (χ2n) is 7.08. The third-order valence-corrected chi connectivity index (χ3v) is 5.27. The van der Waals surface area contributed by atoms with Gasteiger partial charge in [-0.05, 0) is 36.1 Å². The molecule has 1 unspecified atom stereocenters. The zero-order valence-corrected chi connectivity index (χ0v) is 17.4. The molecule has 0 aromatic carbocycles. The number of amides is 2. The van der Waals surface area contributed by atoms with Crippen molar-refractivity contribution < 1.29 is 14.3 Å². The summed E-state index contributed by atoms with van der Waals surface area (Å²) < 4.78 is 8.46. The maximum absolute atomic E-state index is 12.9. The van der Waals surface area contributed by atoms with E-state index in [2.05, 4.69) is 20.4 Å². The molecule has 0 saturated carbocycles. The van der Waals surface area contributed by atoms with Crippen LogP contribution in [0.1, 0.15) is 34.1 Å². The van der Waals surface area contributed by atoms with Gasteiger partial charge in [0.15, 0.2) is 0 Å². The molecule has 3 heterocycles. The summed E-state index contributed by atoms with van der Waals surface area (Å²) in [5.74, 6) is -0.246. The summed E-state index contributed by atoms with van der Waals surface area (Å²) in [6, 6.07) is 3.04. The van der Waals surface area contributed by atoms with E-state index in [9.17, 15) is 9.59 Å². The number of hydrogen-bond acceptors (Lipinski definition) is 6. The number of aryl methyl sites for hydroxylation is 2. The lowest BCUT2D eigenvalue weighted by molar-refractivity contribution is 0.101. The van der Waals surface area contributed by atoms with Crippen LogP contribution in [0, 0.1) is 0 Å². The summed E-state index contributed by atoms with van der Waals surface area (Å²) in [5, 5.41) is 7.10. The first-order chi connectivity index (χ1) is 14.3. The topological polar surface area (TPSA) is 107 Å². The standard InChI is InChI=1S/C19H20ClN7O3/c1-25-9-13-12(16(25)17(28)23-11-6-7-21-15(20)8-11)4-5-14(13)27(3)19(29)30-18-22-10-26(2)24-18/h6-10,14H,4-5H2,1-3H3,(H,21,23,28). The highest BCUT2D eigenvalue weighted by atomic mass is 35.5. The second kappa shape index (κ2) is 7.79. The number of nitrogens with zero attached hydrogens (tertiary/aromatic N) is 6. The van der Waals surface area contributed by atoms with E-state index in [4.69, 9.17) is 16.3 Å². The lowest BCUT2D eigenvalue weighted by Gasteiger charge is -2.23. The Hall–Kier alpha value is -3.40. The molecular formula is C19H20ClN7O3. The Labute approximate surface area is 177 Å². The van der Waals surface area contributed by atoms with Gasteiger partial charge in [0.1, 0.15) is 17.2 Å². The van der Waals surface area contributed by atoms with Gasteiger partial charge in [-0.25, -0.2) is 9.78 Å².